The summed E-state index contributed by atoms with van der Waals surface area (Å²) in [5.74, 6) is -0.185. The fourth-order valence-electron chi connectivity index (χ4n) is 2.93. The van der Waals surface area contributed by atoms with Crippen LogP contribution in [0.1, 0.15) is 25.3 Å². The van der Waals surface area contributed by atoms with Crippen molar-refractivity contribution in [3.63, 3.8) is 0 Å². The Morgan fingerprint density at radius 1 is 1.26 bits per heavy atom. The van der Waals surface area contributed by atoms with Crippen LogP contribution in [-0.2, 0) is 14.3 Å². The van der Waals surface area contributed by atoms with Crippen LogP contribution in [0.5, 0.6) is 11.5 Å². The summed E-state index contributed by atoms with van der Waals surface area (Å²) in [6, 6.07) is 3.80. The van der Waals surface area contributed by atoms with E-state index in [4.69, 9.17) is 9.47 Å². The normalized spacial score (nSPS) is 19.1. The fourth-order valence-corrected chi connectivity index (χ4v) is 2.93. The molecule has 2 aliphatic rings. The molecule has 1 atom stereocenters. The number of carbonyl (C=O) groups is 2. The number of hydrogen-bond acceptors (Lipinski definition) is 5. The molecule has 0 radical (unpaired) electrons. The maximum atomic E-state index is 12.6. The summed E-state index contributed by atoms with van der Waals surface area (Å²) in [5, 5.41) is 0. The highest BCUT2D eigenvalue weighted by Crippen LogP contribution is 2.36. The molecule has 1 aromatic carbocycles. The molecule has 0 N–H and O–H groups in total. The van der Waals surface area contributed by atoms with E-state index in [0.29, 0.717) is 23.7 Å². The minimum atomic E-state index is -2.96. The number of nitrogens with zero attached hydrogens (tertiary/aromatic N) is 1. The van der Waals surface area contributed by atoms with Crippen LogP contribution in [0, 0.1) is 5.92 Å². The number of carbonyl (C=O) groups excluding carboxylic acids is 2. The number of benzene rings is 1. The van der Waals surface area contributed by atoms with Gasteiger partial charge in [0, 0.05) is 13.5 Å². The molecule has 8 heteroatoms. The van der Waals surface area contributed by atoms with E-state index in [-0.39, 0.29) is 24.0 Å². The molecule has 1 heterocycles. The first-order valence-electron chi connectivity index (χ1n) is 8.66. The number of methoxy groups -OCH3 is 1. The van der Waals surface area contributed by atoms with E-state index < -0.39 is 18.6 Å². The summed E-state index contributed by atoms with van der Waals surface area (Å²) in [5.41, 5.74) is 1.38. The fraction of sp³-hybridized carbons (Fsp3) is 0.474. The van der Waals surface area contributed by atoms with Crippen LogP contribution in [0.15, 0.2) is 24.3 Å². The van der Waals surface area contributed by atoms with Gasteiger partial charge in [0.15, 0.2) is 11.5 Å². The first-order chi connectivity index (χ1) is 12.9. The molecule has 146 valence electrons. The van der Waals surface area contributed by atoms with Crippen LogP contribution >= 0.6 is 0 Å². The maximum absolute atomic E-state index is 12.6. The zero-order chi connectivity index (χ0) is 19.6. The highest BCUT2D eigenvalue weighted by atomic mass is 19.3. The number of hydrogen-bond donors (Lipinski definition) is 0. The molecule has 1 aromatic rings. The highest BCUT2D eigenvalue weighted by molar-refractivity contribution is 5.91. The molecule has 27 heavy (non-hydrogen) atoms. The molecule has 1 fully saturated rings. The van der Waals surface area contributed by atoms with Crippen LogP contribution in [0.3, 0.4) is 0 Å². The van der Waals surface area contributed by atoms with Gasteiger partial charge in [-0.15, -0.1) is 0 Å². The third-order valence-electron chi connectivity index (χ3n) is 4.58. The largest absolute Gasteiger partial charge is 0.489 e. The maximum Gasteiger partial charge on any atom is 0.387 e. The molecule has 0 spiro atoms. The quantitative estimate of drug-likeness (QED) is 0.680. The summed E-state index contributed by atoms with van der Waals surface area (Å²) in [7, 11) is 1.26. The Morgan fingerprint density at radius 2 is 2.00 bits per heavy atom. The van der Waals surface area contributed by atoms with E-state index in [0.717, 1.165) is 12.8 Å². The van der Waals surface area contributed by atoms with Crippen molar-refractivity contribution < 1.29 is 32.6 Å². The molecule has 3 rings (SSSR count). The van der Waals surface area contributed by atoms with Gasteiger partial charge in [-0.3, -0.25) is 4.79 Å². The number of amides is 1. The minimum absolute atomic E-state index is 0.0408. The predicted molar refractivity (Wildman–Crippen MR) is 92.5 cm³/mol. The van der Waals surface area contributed by atoms with Crippen LogP contribution in [0.2, 0.25) is 0 Å². The average Bonchev–Trinajstić information content (AvgIpc) is 3.35. The van der Waals surface area contributed by atoms with E-state index in [9.17, 15) is 18.4 Å². The van der Waals surface area contributed by atoms with E-state index in [2.05, 4.69) is 4.74 Å². The van der Waals surface area contributed by atoms with Crippen LogP contribution in [-0.4, -0.2) is 49.7 Å². The molecule has 6 nitrogen and oxygen atoms in total. The molecule has 1 aliphatic heterocycles. The SMILES string of the molecule is COC(=O)[C@@H]1C=C(c2ccc(OC(F)F)c(OCC3CC3)c2)CN1C(C)=O. The van der Waals surface area contributed by atoms with Crippen LogP contribution in [0.25, 0.3) is 5.57 Å². The van der Waals surface area contributed by atoms with Crippen molar-refractivity contribution >= 4 is 17.4 Å². The Labute approximate surface area is 155 Å². The van der Waals surface area contributed by atoms with Gasteiger partial charge in [-0.2, -0.15) is 8.78 Å². The molecule has 1 saturated carbocycles. The smallest absolute Gasteiger partial charge is 0.387 e. The first-order valence-corrected chi connectivity index (χ1v) is 8.66. The third-order valence-corrected chi connectivity index (χ3v) is 4.58. The van der Waals surface area contributed by atoms with Gasteiger partial charge in [0.2, 0.25) is 5.91 Å². The van der Waals surface area contributed by atoms with Crippen molar-refractivity contribution in [3.8, 4) is 11.5 Å². The van der Waals surface area contributed by atoms with Gasteiger partial charge < -0.3 is 19.1 Å². The van der Waals surface area contributed by atoms with Gasteiger partial charge in [-0.05, 0) is 48.1 Å². The van der Waals surface area contributed by atoms with Crippen molar-refractivity contribution in [2.45, 2.75) is 32.4 Å². The number of alkyl halides is 2. The third kappa shape index (κ3) is 4.56. The average molecular weight is 381 g/mol. The summed E-state index contributed by atoms with van der Waals surface area (Å²) < 4.78 is 40.3. The van der Waals surface area contributed by atoms with E-state index >= 15 is 0 Å². The lowest BCUT2D eigenvalue weighted by Gasteiger charge is -2.21. The van der Waals surface area contributed by atoms with Crippen LogP contribution in [0.4, 0.5) is 8.78 Å². The van der Waals surface area contributed by atoms with E-state index in [1.807, 2.05) is 0 Å². The topological polar surface area (TPSA) is 65.1 Å². The van der Waals surface area contributed by atoms with Crippen molar-refractivity contribution in [3.05, 3.63) is 29.8 Å². The molecular formula is C19H21F2NO5. The highest BCUT2D eigenvalue weighted by Gasteiger charge is 2.34. The predicted octanol–water partition coefficient (Wildman–Crippen LogP) is 2.86. The number of ether oxygens (including phenoxy) is 3. The van der Waals surface area contributed by atoms with Crippen LogP contribution < -0.4 is 9.47 Å². The Kier molecular flexibility index (Phi) is 5.62. The van der Waals surface area contributed by atoms with Gasteiger partial charge in [-0.25, -0.2) is 4.79 Å². The summed E-state index contributed by atoms with van der Waals surface area (Å²) in [6.45, 7) is -0.934. The molecule has 0 unspecified atom stereocenters. The molecule has 0 aromatic heterocycles. The Balaban J connectivity index is 1.87. The van der Waals surface area contributed by atoms with Gasteiger partial charge in [0.1, 0.15) is 6.04 Å². The Hall–Kier alpha value is -2.64. The molecule has 0 saturated heterocycles. The summed E-state index contributed by atoms with van der Waals surface area (Å²) >= 11 is 0. The second kappa shape index (κ2) is 7.94. The summed E-state index contributed by atoms with van der Waals surface area (Å²) in [4.78, 5) is 25.2. The van der Waals surface area contributed by atoms with Gasteiger partial charge in [0.05, 0.1) is 13.7 Å². The monoisotopic (exact) mass is 381 g/mol. The Bertz CT molecular complexity index is 760. The lowest BCUT2D eigenvalue weighted by atomic mass is 10.1. The number of rotatable bonds is 7. The molecule has 0 bridgehead atoms. The van der Waals surface area contributed by atoms with Crippen molar-refractivity contribution in [1.29, 1.82) is 0 Å². The summed E-state index contributed by atoms with van der Waals surface area (Å²) in [6.07, 6.45) is 3.76. The number of esters is 1. The minimum Gasteiger partial charge on any atom is -0.489 e. The molecular weight excluding hydrogens is 360 g/mol. The molecule has 1 amide bonds. The second-order valence-corrected chi connectivity index (χ2v) is 6.60. The molecule has 1 aliphatic carbocycles. The van der Waals surface area contributed by atoms with E-state index in [1.165, 1.54) is 25.0 Å². The van der Waals surface area contributed by atoms with Crippen molar-refractivity contribution in [2.24, 2.45) is 5.92 Å². The van der Waals surface area contributed by atoms with E-state index in [1.54, 1.807) is 18.2 Å². The number of halogens is 2. The standard InChI is InChI=1S/C19H21F2NO5/c1-11(23)22-9-14(7-15(22)18(24)25-2)13-5-6-16(27-19(20)21)17(8-13)26-10-12-3-4-12/h5-8,12,15,19H,3-4,9-10H2,1-2H3/t15-/m0/s1. The zero-order valence-electron chi connectivity index (χ0n) is 15.1. The second-order valence-electron chi connectivity index (χ2n) is 6.60. The van der Waals surface area contributed by atoms with Crippen molar-refractivity contribution in [2.75, 3.05) is 20.3 Å². The lowest BCUT2D eigenvalue weighted by Crippen LogP contribution is -2.40. The first kappa shape index (κ1) is 19.1. The van der Waals surface area contributed by atoms with Gasteiger partial charge in [0.25, 0.3) is 0 Å². The lowest BCUT2D eigenvalue weighted by molar-refractivity contribution is -0.148. The zero-order valence-corrected chi connectivity index (χ0v) is 15.1. The Morgan fingerprint density at radius 3 is 2.59 bits per heavy atom. The van der Waals surface area contributed by atoms with Crippen molar-refractivity contribution in [1.82, 2.24) is 4.90 Å². The van der Waals surface area contributed by atoms with Gasteiger partial charge >= 0.3 is 12.6 Å². The van der Waals surface area contributed by atoms with Gasteiger partial charge in [-0.1, -0.05) is 6.07 Å².